The highest BCUT2D eigenvalue weighted by atomic mass is 32.2. The van der Waals surface area contributed by atoms with Gasteiger partial charge >= 0.3 is 6.18 Å². The molecule has 0 bridgehead atoms. The molecule has 212 valence electrons. The maximum absolute atomic E-state index is 13.4. The fourth-order valence-electron chi connectivity index (χ4n) is 6.04. The Kier molecular flexibility index (Phi) is 6.20. The zero-order valence-corrected chi connectivity index (χ0v) is 24.0. The highest BCUT2D eigenvalue weighted by Crippen LogP contribution is 2.52. The SMILES string of the molecule is FC(F)(F)c1ccc(-c2cc(-c3cccc4ccccc34)c3cccc(N4c5ccccc5Sc5ccccc54)c3n2)cc1. The highest BCUT2D eigenvalue weighted by Gasteiger charge is 2.30. The predicted molar refractivity (Wildman–Crippen MR) is 174 cm³/mol. The van der Waals surface area contributed by atoms with Crippen LogP contribution in [0.4, 0.5) is 30.2 Å². The van der Waals surface area contributed by atoms with Crippen LogP contribution in [0.5, 0.6) is 0 Å². The van der Waals surface area contributed by atoms with Crippen LogP contribution in [0.2, 0.25) is 0 Å². The van der Waals surface area contributed by atoms with Crippen molar-refractivity contribution in [3.8, 4) is 22.4 Å². The van der Waals surface area contributed by atoms with Gasteiger partial charge in [-0.2, -0.15) is 13.2 Å². The normalized spacial score (nSPS) is 12.8. The van der Waals surface area contributed by atoms with E-state index < -0.39 is 11.7 Å². The van der Waals surface area contributed by atoms with E-state index in [9.17, 15) is 13.2 Å². The van der Waals surface area contributed by atoms with E-state index in [-0.39, 0.29) is 0 Å². The van der Waals surface area contributed by atoms with Crippen LogP contribution in [-0.4, -0.2) is 4.98 Å². The summed E-state index contributed by atoms with van der Waals surface area (Å²) in [5.41, 5.74) is 6.32. The van der Waals surface area contributed by atoms with Crippen LogP contribution in [-0.2, 0) is 6.18 Å². The molecule has 1 aliphatic heterocycles. The van der Waals surface area contributed by atoms with Crippen molar-refractivity contribution in [2.45, 2.75) is 16.0 Å². The molecule has 1 aromatic heterocycles. The van der Waals surface area contributed by atoms with E-state index in [1.165, 1.54) is 12.1 Å². The van der Waals surface area contributed by atoms with Crippen molar-refractivity contribution >= 4 is 50.5 Å². The number of benzene rings is 6. The number of nitrogens with zero attached hydrogens (tertiary/aromatic N) is 2. The smallest absolute Gasteiger partial charge is 0.306 e. The monoisotopic (exact) mass is 596 g/mol. The molecule has 44 heavy (non-hydrogen) atoms. The maximum Gasteiger partial charge on any atom is 0.416 e. The molecule has 0 fully saturated rings. The van der Waals surface area contributed by atoms with E-state index in [4.69, 9.17) is 4.98 Å². The summed E-state index contributed by atoms with van der Waals surface area (Å²) >= 11 is 1.74. The molecule has 0 aliphatic carbocycles. The van der Waals surface area contributed by atoms with Crippen molar-refractivity contribution in [1.29, 1.82) is 0 Å². The number of aromatic nitrogens is 1. The van der Waals surface area contributed by atoms with E-state index in [0.29, 0.717) is 11.3 Å². The van der Waals surface area contributed by atoms with Crippen LogP contribution in [0.25, 0.3) is 44.1 Å². The lowest BCUT2D eigenvalue weighted by atomic mass is 9.93. The minimum absolute atomic E-state index is 0.606. The lowest BCUT2D eigenvalue weighted by Crippen LogP contribution is -2.15. The molecule has 0 amide bonds. The van der Waals surface area contributed by atoms with E-state index >= 15 is 0 Å². The lowest BCUT2D eigenvalue weighted by molar-refractivity contribution is -0.137. The topological polar surface area (TPSA) is 16.1 Å². The molecule has 8 rings (SSSR count). The van der Waals surface area contributed by atoms with Gasteiger partial charge in [-0.25, -0.2) is 4.98 Å². The van der Waals surface area contributed by atoms with E-state index in [2.05, 4.69) is 71.6 Å². The van der Waals surface area contributed by atoms with Crippen molar-refractivity contribution in [3.63, 3.8) is 0 Å². The van der Waals surface area contributed by atoms with Crippen molar-refractivity contribution < 1.29 is 13.2 Å². The fourth-order valence-corrected chi connectivity index (χ4v) is 7.10. The van der Waals surface area contributed by atoms with Gasteiger partial charge in [-0.1, -0.05) is 103 Å². The lowest BCUT2D eigenvalue weighted by Gasteiger charge is -2.33. The minimum Gasteiger partial charge on any atom is -0.306 e. The number of hydrogen-bond acceptors (Lipinski definition) is 3. The predicted octanol–water partition coefficient (Wildman–Crippen LogP) is 11.7. The van der Waals surface area contributed by atoms with Gasteiger partial charge in [0.25, 0.3) is 0 Å². The summed E-state index contributed by atoms with van der Waals surface area (Å²) in [7, 11) is 0. The van der Waals surface area contributed by atoms with Crippen LogP contribution >= 0.6 is 11.8 Å². The number of hydrogen-bond donors (Lipinski definition) is 0. The first-order chi connectivity index (χ1) is 21.5. The second-order valence-electron chi connectivity index (χ2n) is 10.7. The number of pyridine rings is 1. The van der Waals surface area contributed by atoms with Crippen molar-refractivity contribution in [2.24, 2.45) is 0 Å². The van der Waals surface area contributed by atoms with Crippen LogP contribution in [0.15, 0.2) is 149 Å². The third-order valence-electron chi connectivity index (χ3n) is 8.08. The summed E-state index contributed by atoms with van der Waals surface area (Å²) in [6, 6.07) is 44.6. The minimum atomic E-state index is -4.41. The Hall–Kier alpha value is -5.07. The molecule has 0 saturated heterocycles. The van der Waals surface area contributed by atoms with Gasteiger partial charge in [0.15, 0.2) is 0 Å². The molecular formula is C38H23F3N2S. The Morgan fingerprint density at radius 1 is 0.545 bits per heavy atom. The van der Waals surface area contributed by atoms with Gasteiger partial charge in [0, 0.05) is 20.7 Å². The van der Waals surface area contributed by atoms with Crippen molar-refractivity contribution in [1.82, 2.24) is 4.98 Å². The summed E-state index contributed by atoms with van der Waals surface area (Å²) in [5, 5.41) is 3.16. The molecule has 7 aromatic rings. The van der Waals surface area contributed by atoms with E-state index in [1.807, 2.05) is 48.5 Å². The Morgan fingerprint density at radius 2 is 1.14 bits per heavy atom. The number of fused-ring (bicyclic) bond motifs is 4. The maximum atomic E-state index is 13.4. The van der Waals surface area contributed by atoms with Crippen molar-refractivity contribution in [3.05, 3.63) is 145 Å². The van der Waals surface area contributed by atoms with E-state index in [1.54, 1.807) is 11.8 Å². The first-order valence-electron chi connectivity index (χ1n) is 14.2. The Labute approximate surface area is 256 Å². The van der Waals surface area contributed by atoms with Crippen molar-refractivity contribution in [2.75, 3.05) is 4.90 Å². The summed E-state index contributed by atoms with van der Waals surface area (Å²) in [6.07, 6.45) is -4.41. The molecule has 0 spiro atoms. The molecule has 2 heterocycles. The summed E-state index contributed by atoms with van der Waals surface area (Å²) in [4.78, 5) is 9.72. The fraction of sp³-hybridized carbons (Fsp3) is 0.0263. The average molecular weight is 597 g/mol. The number of para-hydroxylation sites is 3. The Bertz CT molecular complexity index is 2160. The third kappa shape index (κ3) is 4.41. The number of alkyl halides is 3. The van der Waals surface area contributed by atoms with Crippen LogP contribution in [0.1, 0.15) is 5.56 Å². The largest absolute Gasteiger partial charge is 0.416 e. The molecular weight excluding hydrogens is 573 g/mol. The van der Waals surface area contributed by atoms with Gasteiger partial charge in [-0.15, -0.1) is 0 Å². The second-order valence-corrected chi connectivity index (χ2v) is 11.8. The van der Waals surface area contributed by atoms with Gasteiger partial charge < -0.3 is 4.90 Å². The molecule has 0 N–H and O–H groups in total. The van der Waals surface area contributed by atoms with Gasteiger partial charge in [0.05, 0.1) is 33.8 Å². The standard InChI is InChI=1S/C38H23F3N2S/c39-38(40,41)26-21-19-25(20-22-26)31-23-30(28-12-7-10-24-9-1-2-11-27(24)28)29-13-8-16-34(37(29)42-31)43-32-14-3-5-17-35(32)44-36-18-6-4-15-33(36)43/h1-23H. The number of halogens is 3. The molecule has 0 saturated carbocycles. The second kappa shape index (κ2) is 10.3. The molecule has 0 radical (unpaired) electrons. The Balaban J connectivity index is 1.44. The third-order valence-corrected chi connectivity index (χ3v) is 9.21. The van der Waals surface area contributed by atoms with E-state index in [0.717, 1.165) is 71.8 Å². The summed E-state index contributed by atoms with van der Waals surface area (Å²) < 4.78 is 40.3. The van der Waals surface area contributed by atoms with Gasteiger partial charge in [-0.3, -0.25) is 0 Å². The summed E-state index contributed by atoms with van der Waals surface area (Å²) in [6.45, 7) is 0. The number of rotatable bonds is 3. The van der Waals surface area contributed by atoms with Gasteiger partial charge in [0.1, 0.15) is 0 Å². The molecule has 0 unspecified atom stereocenters. The van der Waals surface area contributed by atoms with Gasteiger partial charge in [0.2, 0.25) is 0 Å². The van der Waals surface area contributed by atoms with Crippen LogP contribution in [0.3, 0.4) is 0 Å². The zero-order valence-electron chi connectivity index (χ0n) is 23.2. The van der Waals surface area contributed by atoms with Crippen LogP contribution < -0.4 is 4.90 Å². The number of anilines is 3. The molecule has 6 aromatic carbocycles. The summed E-state index contributed by atoms with van der Waals surface area (Å²) in [5.74, 6) is 0. The first-order valence-corrected chi connectivity index (χ1v) is 15.0. The first kappa shape index (κ1) is 26.5. The highest BCUT2D eigenvalue weighted by molar-refractivity contribution is 7.99. The molecule has 2 nitrogen and oxygen atoms in total. The average Bonchev–Trinajstić information content (AvgIpc) is 3.06. The van der Waals surface area contributed by atoms with Gasteiger partial charge in [-0.05, 0) is 70.4 Å². The molecule has 1 aliphatic rings. The Morgan fingerprint density at radius 3 is 1.86 bits per heavy atom. The molecule has 0 atom stereocenters. The zero-order chi connectivity index (χ0) is 29.8. The quantitative estimate of drug-likeness (QED) is 0.202. The molecule has 6 heteroatoms. The van der Waals surface area contributed by atoms with Crippen LogP contribution in [0, 0.1) is 0 Å².